The number of halogens is 1. The molecule has 0 aliphatic heterocycles. The first-order valence-corrected chi connectivity index (χ1v) is 9.30. The van der Waals surface area contributed by atoms with Gasteiger partial charge < -0.3 is 19.6 Å². The molecule has 17 heavy (non-hydrogen) atoms. The highest BCUT2D eigenvalue weighted by Gasteiger charge is 2.37. The second-order valence-corrected chi connectivity index (χ2v) is 9.29. The fourth-order valence-corrected chi connectivity index (χ4v) is 6.15. The summed E-state index contributed by atoms with van der Waals surface area (Å²) in [7, 11) is -4.68. The average Bonchev–Trinajstić information content (AvgIpc) is 2.13. The molecule has 1 rings (SSSR count). The Kier molecular flexibility index (Phi) is 4.86. The minimum atomic E-state index is -4.68. The SMILES string of the molecule is O=P(O)(O)SC(c1ccc(Cl)cc1)P(=O)(O)O. The van der Waals surface area contributed by atoms with E-state index < -0.39 is 19.4 Å². The number of benzene rings is 1. The fraction of sp³-hybridized carbons (Fsp3) is 0.143. The van der Waals surface area contributed by atoms with Crippen molar-refractivity contribution in [3.63, 3.8) is 0 Å². The van der Waals surface area contributed by atoms with Crippen LogP contribution >= 0.6 is 37.4 Å². The van der Waals surface area contributed by atoms with Gasteiger partial charge in [-0.3, -0.25) is 4.57 Å². The van der Waals surface area contributed by atoms with Crippen molar-refractivity contribution in [3.05, 3.63) is 34.9 Å². The van der Waals surface area contributed by atoms with E-state index >= 15 is 0 Å². The lowest BCUT2D eigenvalue weighted by Gasteiger charge is -2.18. The summed E-state index contributed by atoms with van der Waals surface area (Å²) in [5.74, 6) is 0. The molecule has 0 radical (unpaired) electrons. The highest BCUT2D eigenvalue weighted by atomic mass is 35.5. The van der Waals surface area contributed by atoms with Gasteiger partial charge in [0.2, 0.25) is 0 Å². The third-order valence-corrected chi connectivity index (χ3v) is 6.70. The van der Waals surface area contributed by atoms with Crippen LogP contribution in [0.5, 0.6) is 0 Å². The van der Waals surface area contributed by atoms with Crippen LogP contribution in [0, 0.1) is 0 Å². The summed E-state index contributed by atoms with van der Waals surface area (Å²) in [6.07, 6.45) is 0. The van der Waals surface area contributed by atoms with E-state index in [0.29, 0.717) is 5.02 Å². The maximum absolute atomic E-state index is 11.2. The lowest BCUT2D eigenvalue weighted by Crippen LogP contribution is -1.95. The summed E-state index contributed by atoms with van der Waals surface area (Å²) < 4.78 is 22.0. The van der Waals surface area contributed by atoms with Gasteiger partial charge in [-0.1, -0.05) is 23.7 Å². The predicted octanol–water partition coefficient (Wildman–Crippen LogP) is 2.34. The Hall–Kier alpha value is 0.160. The van der Waals surface area contributed by atoms with Gasteiger partial charge >= 0.3 is 14.4 Å². The molecule has 1 atom stereocenters. The molecule has 0 fully saturated rings. The van der Waals surface area contributed by atoms with Gasteiger partial charge in [0.05, 0.1) is 0 Å². The van der Waals surface area contributed by atoms with Crippen molar-refractivity contribution in [2.45, 2.75) is 4.99 Å². The Balaban J connectivity index is 3.12. The van der Waals surface area contributed by atoms with Crippen molar-refractivity contribution < 1.29 is 28.7 Å². The van der Waals surface area contributed by atoms with Gasteiger partial charge in [0.15, 0.2) is 0 Å². The Morgan fingerprint density at radius 3 is 1.88 bits per heavy atom. The number of hydrogen-bond donors (Lipinski definition) is 4. The zero-order valence-electron chi connectivity index (χ0n) is 8.17. The van der Waals surface area contributed by atoms with E-state index in [0.717, 1.165) is 0 Å². The second kappa shape index (κ2) is 5.43. The Labute approximate surface area is 106 Å². The summed E-state index contributed by atoms with van der Waals surface area (Å²) >= 11 is 5.54. The van der Waals surface area contributed by atoms with Gasteiger partial charge in [-0.25, -0.2) is 4.57 Å². The topological polar surface area (TPSA) is 115 Å². The molecule has 1 unspecified atom stereocenters. The van der Waals surface area contributed by atoms with Gasteiger partial charge in [0.25, 0.3) is 0 Å². The molecule has 0 spiro atoms. The molecule has 96 valence electrons. The third kappa shape index (κ3) is 5.12. The van der Waals surface area contributed by atoms with E-state index in [2.05, 4.69) is 0 Å². The van der Waals surface area contributed by atoms with Gasteiger partial charge in [-0.05, 0) is 29.1 Å². The van der Waals surface area contributed by atoms with Crippen LogP contribution in [-0.4, -0.2) is 19.6 Å². The normalized spacial score (nSPS) is 14.6. The molecule has 10 heteroatoms. The van der Waals surface area contributed by atoms with Crippen LogP contribution < -0.4 is 0 Å². The van der Waals surface area contributed by atoms with Crippen LogP contribution in [0.1, 0.15) is 10.6 Å². The highest BCUT2D eigenvalue weighted by Crippen LogP contribution is 2.69. The minimum absolute atomic E-state index is 0.0718. The monoisotopic (exact) mass is 318 g/mol. The molecule has 0 saturated carbocycles. The van der Waals surface area contributed by atoms with Crippen molar-refractivity contribution in [2.75, 3.05) is 0 Å². The molecule has 0 heterocycles. The van der Waals surface area contributed by atoms with E-state index in [1.54, 1.807) is 0 Å². The van der Waals surface area contributed by atoms with E-state index in [1.165, 1.54) is 24.3 Å². The minimum Gasteiger partial charge on any atom is -0.323 e. The van der Waals surface area contributed by atoms with Crippen LogP contribution in [0.25, 0.3) is 0 Å². The van der Waals surface area contributed by atoms with Crippen LogP contribution in [0.15, 0.2) is 24.3 Å². The predicted molar refractivity (Wildman–Crippen MR) is 65.9 cm³/mol. The van der Waals surface area contributed by atoms with E-state index in [-0.39, 0.29) is 16.9 Å². The molecule has 4 N–H and O–H groups in total. The van der Waals surface area contributed by atoms with E-state index in [1.807, 2.05) is 0 Å². The summed E-state index contributed by atoms with van der Waals surface area (Å²) in [6, 6.07) is 5.41. The largest absolute Gasteiger partial charge is 0.385 e. The zero-order valence-corrected chi connectivity index (χ0v) is 11.5. The molecule has 0 bridgehead atoms. The number of rotatable bonds is 4. The van der Waals surface area contributed by atoms with Crippen molar-refractivity contribution in [1.29, 1.82) is 0 Å². The molecule has 1 aromatic rings. The molecule has 0 amide bonds. The maximum atomic E-state index is 11.2. The molecule has 0 aromatic heterocycles. The molecular weight excluding hydrogens is 310 g/mol. The fourth-order valence-electron chi connectivity index (χ4n) is 1.07. The van der Waals surface area contributed by atoms with Crippen molar-refractivity contribution >= 4 is 37.4 Å². The Morgan fingerprint density at radius 1 is 1.06 bits per heavy atom. The van der Waals surface area contributed by atoms with Crippen LogP contribution in [0.4, 0.5) is 0 Å². The summed E-state index contributed by atoms with van der Waals surface area (Å²) in [6.45, 7) is -4.60. The summed E-state index contributed by atoms with van der Waals surface area (Å²) in [5.41, 5.74) is 0.107. The van der Waals surface area contributed by atoms with Crippen molar-refractivity contribution in [1.82, 2.24) is 0 Å². The summed E-state index contributed by atoms with van der Waals surface area (Å²) in [5, 5.41) is 0.361. The Bertz CT molecular complexity index is 480. The lowest BCUT2D eigenvalue weighted by atomic mass is 10.2. The Morgan fingerprint density at radius 2 is 1.53 bits per heavy atom. The van der Waals surface area contributed by atoms with Crippen molar-refractivity contribution in [3.8, 4) is 0 Å². The first-order valence-electron chi connectivity index (χ1n) is 4.14. The average molecular weight is 319 g/mol. The summed E-state index contributed by atoms with van der Waals surface area (Å²) in [4.78, 5) is 34.1. The van der Waals surface area contributed by atoms with Crippen LogP contribution in [-0.2, 0) is 9.13 Å². The highest BCUT2D eigenvalue weighted by molar-refractivity contribution is 8.55. The molecule has 0 aliphatic rings. The first kappa shape index (κ1) is 15.2. The quantitative estimate of drug-likeness (QED) is 0.630. The standard InChI is InChI=1S/C7H9ClO6P2S/c8-6-3-1-5(2-4-6)7(15(9,10)11)17-16(12,13)14/h1-4,7H,(H2,9,10,11)(H2,12,13,14). The first-order chi connectivity index (χ1) is 7.59. The lowest BCUT2D eigenvalue weighted by molar-refractivity contribution is 0.369. The molecule has 0 saturated heterocycles. The molecular formula is C7H9ClO6P2S. The second-order valence-electron chi connectivity index (χ2n) is 3.09. The van der Waals surface area contributed by atoms with Gasteiger partial charge in [0.1, 0.15) is 4.99 Å². The smallest absolute Gasteiger partial charge is 0.323 e. The molecule has 6 nitrogen and oxygen atoms in total. The van der Waals surface area contributed by atoms with Crippen LogP contribution in [0.2, 0.25) is 5.02 Å². The van der Waals surface area contributed by atoms with Gasteiger partial charge in [0, 0.05) is 5.02 Å². The van der Waals surface area contributed by atoms with E-state index in [9.17, 15) is 9.13 Å². The van der Waals surface area contributed by atoms with Crippen LogP contribution in [0.3, 0.4) is 0 Å². The molecule has 1 aromatic carbocycles. The van der Waals surface area contributed by atoms with Gasteiger partial charge in [-0.2, -0.15) is 0 Å². The van der Waals surface area contributed by atoms with Crippen molar-refractivity contribution in [2.24, 2.45) is 0 Å². The zero-order chi connectivity index (χ0) is 13.3. The molecule has 0 aliphatic carbocycles. The van der Waals surface area contributed by atoms with Gasteiger partial charge in [-0.15, -0.1) is 0 Å². The van der Waals surface area contributed by atoms with E-state index in [4.69, 9.17) is 31.2 Å². The maximum Gasteiger partial charge on any atom is 0.385 e. The third-order valence-electron chi connectivity index (χ3n) is 1.70. The number of hydrogen-bond acceptors (Lipinski definition) is 3.